The van der Waals surface area contributed by atoms with E-state index in [1.54, 1.807) is 6.07 Å². The van der Waals surface area contributed by atoms with Gasteiger partial charge in [-0.2, -0.15) is 0 Å². The summed E-state index contributed by atoms with van der Waals surface area (Å²) in [6, 6.07) is 6.52. The number of aromatic nitrogens is 2. The molecule has 5 nitrogen and oxygen atoms in total. The van der Waals surface area contributed by atoms with Crippen LogP contribution in [-0.4, -0.2) is 21.0 Å². The Morgan fingerprint density at radius 1 is 1.22 bits per heavy atom. The maximum atomic E-state index is 11.4. The minimum atomic E-state index is -1.22. The van der Waals surface area contributed by atoms with Gasteiger partial charge in [0.2, 0.25) is 0 Å². The summed E-state index contributed by atoms with van der Waals surface area (Å²) in [4.78, 5) is 28.7. The van der Waals surface area contributed by atoms with E-state index in [0.717, 1.165) is 17.2 Å². The van der Waals surface area contributed by atoms with Crippen LogP contribution < -0.4 is 5.56 Å². The summed E-state index contributed by atoms with van der Waals surface area (Å²) >= 11 is 0. The van der Waals surface area contributed by atoms with Gasteiger partial charge in [-0.15, -0.1) is 0 Å². The molecule has 0 spiro atoms. The summed E-state index contributed by atoms with van der Waals surface area (Å²) in [5.41, 5.74) is 2.13. The van der Waals surface area contributed by atoms with Crippen molar-refractivity contribution in [3.63, 3.8) is 0 Å². The van der Waals surface area contributed by atoms with Crippen molar-refractivity contribution in [1.29, 1.82) is 0 Å². The highest BCUT2D eigenvalue weighted by atomic mass is 16.4. The molecule has 1 aromatic carbocycles. The third-order valence-corrected chi connectivity index (χ3v) is 2.74. The average molecular weight is 244 g/mol. The number of hydrogen-bond donors (Lipinski definition) is 2. The van der Waals surface area contributed by atoms with Gasteiger partial charge in [0.05, 0.1) is 0 Å². The minimum absolute atomic E-state index is 0.257. The van der Waals surface area contributed by atoms with Gasteiger partial charge in [0.25, 0.3) is 5.56 Å². The van der Waals surface area contributed by atoms with Crippen LogP contribution in [0.3, 0.4) is 0 Å². The van der Waals surface area contributed by atoms with Crippen molar-refractivity contribution in [2.45, 2.75) is 13.8 Å². The Labute approximate surface area is 103 Å². The summed E-state index contributed by atoms with van der Waals surface area (Å²) in [5.74, 6) is -0.950. The van der Waals surface area contributed by atoms with Crippen LogP contribution in [0.2, 0.25) is 0 Å². The Bertz CT molecular complexity index is 674. The fourth-order valence-corrected chi connectivity index (χ4v) is 1.59. The van der Waals surface area contributed by atoms with Crippen LogP contribution in [0.1, 0.15) is 21.6 Å². The number of carbonyl (C=O) groups is 1. The lowest BCUT2D eigenvalue weighted by Crippen LogP contribution is -2.13. The molecule has 92 valence electrons. The van der Waals surface area contributed by atoms with Crippen LogP contribution in [-0.2, 0) is 0 Å². The molecular weight excluding hydrogens is 232 g/mol. The molecule has 2 aromatic rings. The predicted molar refractivity (Wildman–Crippen MR) is 66.7 cm³/mol. The number of hydrogen-bond acceptors (Lipinski definition) is 3. The third kappa shape index (κ3) is 2.29. The maximum Gasteiger partial charge on any atom is 0.354 e. The molecule has 0 radical (unpaired) electrons. The standard InChI is InChI=1S/C13H12N2O3/c1-7-3-4-9(5-8(7)2)12-14-10(13(17)18)6-11(16)15-12/h3-6H,1-2H3,(H,17,18)(H,14,15,16). The number of aromatic amines is 1. The number of carboxylic acid groups (broad SMARTS) is 1. The Morgan fingerprint density at radius 2 is 1.94 bits per heavy atom. The molecule has 2 N–H and O–H groups in total. The lowest BCUT2D eigenvalue weighted by atomic mass is 10.1. The van der Waals surface area contributed by atoms with Crippen molar-refractivity contribution in [2.75, 3.05) is 0 Å². The Balaban J connectivity index is 2.60. The van der Waals surface area contributed by atoms with Crippen molar-refractivity contribution in [1.82, 2.24) is 9.97 Å². The van der Waals surface area contributed by atoms with Crippen LogP contribution in [0.4, 0.5) is 0 Å². The molecule has 18 heavy (non-hydrogen) atoms. The Hall–Kier alpha value is -2.43. The number of aromatic carboxylic acids is 1. The summed E-state index contributed by atoms with van der Waals surface area (Å²) in [5, 5.41) is 8.86. The van der Waals surface area contributed by atoms with E-state index in [4.69, 9.17) is 5.11 Å². The predicted octanol–water partition coefficient (Wildman–Crippen LogP) is 1.75. The molecule has 0 unspecified atom stereocenters. The molecule has 1 aromatic heterocycles. The molecule has 5 heteroatoms. The van der Waals surface area contributed by atoms with E-state index in [-0.39, 0.29) is 11.5 Å². The Morgan fingerprint density at radius 3 is 2.56 bits per heavy atom. The first-order chi connectivity index (χ1) is 8.47. The Kier molecular flexibility index (Phi) is 2.97. The smallest absolute Gasteiger partial charge is 0.354 e. The van der Waals surface area contributed by atoms with Gasteiger partial charge in [-0.05, 0) is 31.0 Å². The van der Waals surface area contributed by atoms with E-state index in [9.17, 15) is 9.59 Å². The summed E-state index contributed by atoms with van der Waals surface area (Å²) < 4.78 is 0. The van der Waals surface area contributed by atoms with Crippen molar-refractivity contribution in [3.05, 3.63) is 51.4 Å². The van der Waals surface area contributed by atoms with Crippen LogP contribution in [0.15, 0.2) is 29.1 Å². The average Bonchev–Trinajstić information content (AvgIpc) is 2.31. The van der Waals surface area contributed by atoms with E-state index < -0.39 is 11.5 Å². The van der Waals surface area contributed by atoms with Crippen LogP contribution >= 0.6 is 0 Å². The molecule has 0 atom stereocenters. The summed E-state index contributed by atoms with van der Waals surface area (Å²) in [6.07, 6.45) is 0. The molecule has 0 aliphatic heterocycles. The van der Waals surface area contributed by atoms with Crippen LogP contribution in [0, 0.1) is 13.8 Å². The molecule has 0 amide bonds. The quantitative estimate of drug-likeness (QED) is 0.843. The van der Waals surface area contributed by atoms with E-state index in [1.165, 1.54) is 0 Å². The van der Waals surface area contributed by atoms with Gasteiger partial charge >= 0.3 is 5.97 Å². The van der Waals surface area contributed by atoms with Gasteiger partial charge in [-0.1, -0.05) is 12.1 Å². The molecule has 1 heterocycles. The normalized spacial score (nSPS) is 10.3. The number of nitrogens with one attached hydrogen (secondary N) is 1. The first-order valence-corrected chi connectivity index (χ1v) is 5.39. The SMILES string of the molecule is Cc1ccc(-c2nc(C(=O)O)cc(=O)[nH]2)cc1C. The van der Waals surface area contributed by atoms with Gasteiger partial charge < -0.3 is 10.1 Å². The third-order valence-electron chi connectivity index (χ3n) is 2.74. The van der Waals surface area contributed by atoms with Gasteiger partial charge in [0, 0.05) is 11.6 Å². The first kappa shape index (κ1) is 12.0. The number of benzene rings is 1. The highest BCUT2D eigenvalue weighted by Gasteiger charge is 2.09. The van der Waals surface area contributed by atoms with Crippen LogP contribution in [0.5, 0.6) is 0 Å². The highest BCUT2D eigenvalue weighted by molar-refractivity contribution is 5.85. The van der Waals surface area contributed by atoms with E-state index in [1.807, 2.05) is 26.0 Å². The molecule has 0 bridgehead atoms. The first-order valence-electron chi connectivity index (χ1n) is 5.39. The summed E-state index contributed by atoms with van der Waals surface area (Å²) in [7, 11) is 0. The maximum absolute atomic E-state index is 11.4. The second kappa shape index (κ2) is 4.44. The largest absolute Gasteiger partial charge is 0.477 e. The summed E-state index contributed by atoms with van der Waals surface area (Å²) in [6.45, 7) is 3.92. The van der Waals surface area contributed by atoms with Gasteiger partial charge in [-0.3, -0.25) is 4.79 Å². The molecule has 0 saturated heterocycles. The van der Waals surface area contributed by atoms with E-state index in [2.05, 4.69) is 9.97 Å². The monoisotopic (exact) mass is 244 g/mol. The fraction of sp³-hybridized carbons (Fsp3) is 0.154. The zero-order chi connectivity index (χ0) is 13.3. The second-order valence-electron chi connectivity index (χ2n) is 4.08. The van der Waals surface area contributed by atoms with Crippen molar-refractivity contribution in [2.24, 2.45) is 0 Å². The fourth-order valence-electron chi connectivity index (χ4n) is 1.59. The number of rotatable bonds is 2. The lowest BCUT2D eigenvalue weighted by Gasteiger charge is -2.05. The number of aryl methyl sites for hydroxylation is 2. The molecule has 0 aliphatic carbocycles. The number of carboxylic acids is 1. The molecule has 0 aliphatic rings. The molecular formula is C13H12N2O3. The van der Waals surface area contributed by atoms with E-state index in [0.29, 0.717) is 5.56 Å². The highest BCUT2D eigenvalue weighted by Crippen LogP contribution is 2.17. The minimum Gasteiger partial charge on any atom is -0.477 e. The van der Waals surface area contributed by atoms with Crippen molar-refractivity contribution in [3.8, 4) is 11.4 Å². The second-order valence-corrected chi connectivity index (χ2v) is 4.08. The number of nitrogens with zero attached hydrogens (tertiary/aromatic N) is 1. The van der Waals surface area contributed by atoms with E-state index >= 15 is 0 Å². The van der Waals surface area contributed by atoms with Gasteiger partial charge in [0.1, 0.15) is 5.82 Å². The lowest BCUT2D eigenvalue weighted by molar-refractivity contribution is 0.0690. The van der Waals surface area contributed by atoms with Crippen molar-refractivity contribution >= 4 is 5.97 Å². The van der Waals surface area contributed by atoms with Gasteiger partial charge in [0.15, 0.2) is 5.69 Å². The van der Waals surface area contributed by atoms with Gasteiger partial charge in [-0.25, -0.2) is 9.78 Å². The molecule has 0 saturated carbocycles. The number of H-pyrrole nitrogens is 1. The van der Waals surface area contributed by atoms with Crippen LogP contribution in [0.25, 0.3) is 11.4 Å². The topological polar surface area (TPSA) is 83.0 Å². The molecule has 0 fully saturated rings. The molecule has 2 rings (SSSR count). The zero-order valence-electron chi connectivity index (χ0n) is 10.0. The van der Waals surface area contributed by atoms with Crippen molar-refractivity contribution < 1.29 is 9.90 Å². The zero-order valence-corrected chi connectivity index (χ0v) is 10.0.